The molecule has 0 spiro atoms. The van der Waals surface area contributed by atoms with Gasteiger partial charge in [0.05, 0.1) is 9.85 Å². The van der Waals surface area contributed by atoms with Crippen molar-refractivity contribution in [3.63, 3.8) is 0 Å². The zero-order valence-electron chi connectivity index (χ0n) is 16.2. The van der Waals surface area contributed by atoms with Crippen molar-refractivity contribution >= 4 is 21.5 Å². The van der Waals surface area contributed by atoms with Gasteiger partial charge in [0, 0.05) is 40.4 Å². The average Bonchev–Trinajstić information content (AvgIpc) is 2.73. The molecule has 3 rings (SSSR count). The Balaban J connectivity index is 1.95. The topological polar surface area (TPSA) is 168 Å². The van der Waals surface area contributed by atoms with Gasteiger partial charge in [-0.1, -0.05) is 11.6 Å². The molecule has 0 aliphatic rings. The van der Waals surface area contributed by atoms with E-state index >= 15 is 0 Å². The minimum atomic E-state index is -4.68. The van der Waals surface area contributed by atoms with E-state index in [1.807, 2.05) is 0 Å². The van der Waals surface area contributed by atoms with E-state index in [-0.39, 0.29) is 34.0 Å². The SMILES string of the molecule is Cc1ccc(S(=O)(=O)O)c(-c2cc([N+](=O)[O-])ccc2OOOc2ccc([N+](=O)[O-])cc2)c1. The van der Waals surface area contributed by atoms with Crippen molar-refractivity contribution in [3.05, 3.63) is 86.5 Å². The van der Waals surface area contributed by atoms with E-state index in [0.717, 1.165) is 24.3 Å². The van der Waals surface area contributed by atoms with E-state index in [0.29, 0.717) is 5.56 Å². The van der Waals surface area contributed by atoms with Gasteiger partial charge in [-0.25, -0.2) is 0 Å². The zero-order valence-corrected chi connectivity index (χ0v) is 17.0. The summed E-state index contributed by atoms with van der Waals surface area (Å²) in [7, 11) is -4.68. The number of rotatable bonds is 8. The molecule has 13 heteroatoms. The lowest BCUT2D eigenvalue weighted by molar-refractivity contribution is -0.411. The van der Waals surface area contributed by atoms with Crippen LogP contribution in [0.15, 0.2) is 65.6 Å². The third-order valence-electron chi connectivity index (χ3n) is 4.18. The minimum absolute atomic E-state index is 0.0493. The monoisotopic (exact) mass is 462 g/mol. The van der Waals surface area contributed by atoms with Crippen LogP contribution in [0.25, 0.3) is 11.1 Å². The molecule has 32 heavy (non-hydrogen) atoms. The number of hydrogen-bond acceptors (Lipinski definition) is 9. The molecular formula is C19H14N2O10S. The summed E-state index contributed by atoms with van der Waals surface area (Å²) in [5.74, 6) is -0.110. The van der Waals surface area contributed by atoms with Crippen LogP contribution in [-0.4, -0.2) is 22.8 Å². The smallest absolute Gasteiger partial charge is 0.295 e. The molecule has 0 radical (unpaired) electrons. The molecule has 0 aliphatic heterocycles. The maximum Gasteiger partial charge on any atom is 0.295 e. The first-order valence-electron chi connectivity index (χ1n) is 8.69. The molecular weight excluding hydrogens is 448 g/mol. The van der Waals surface area contributed by atoms with Crippen LogP contribution in [0.1, 0.15) is 5.56 Å². The van der Waals surface area contributed by atoms with Gasteiger partial charge in [-0.15, -0.1) is 0 Å². The molecule has 0 aromatic heterocycles. The highest BCUT2D eigenvalue weighted by Gasteiger charge is 2.22. The average molecular weight is 462 g/mol. The van der Waals surface area contributed by atoms with Gasteiger partial charge in [-0.2, -0.15) is 8.42 Å². The third-order valence-corrected chi connectivity index (χ3v) is 5.09. The van der Waals surface area contributed by atoms with Crippen LogP contribution in [0.2, 0.25) is 0 Å². The molecule has 0 saturated carbocycles. The first-order chi connectivity index (χ1) is 15.1. The Labute approximate surface area is 180 Å². The Hall–Kier alpha value is -4.07. The van der Waals surface area contributed by atoms with Crippen LogP contribution in [0.5, 0.6) is 11.5 Å². The molecule has 0 heterocycles. The highest BCUT2D eigenvalue weighted by atomic mass is 32.2. The zero-order chi connectivity index (χ0) is 23.5. The van der Waals surface area contributed by atoms with Crippen molar-refractivity contribution in [3.8, 4) is 22.6 Å². The number of aryl methyl sites for hydroxylation is 1. The second-order valence-corrected chi connectivity index (χ2v) is 7.79. The maximum atomic E-state index is 11.8. The lowest BCUT2D eigenvalue weighted by Crippen LogP contribution is -2.05. The third kappa shape index (κ3) is 5.15. The number of nitrogens with zero attached hydrogens (tertiary/aromatic N) is 2. The summed E-state index contributed by atoms with van der Waals surface area (Å²) < 4.78 is 33.2. The van der Waals surface area contributed by atoms with Crippen molar-refractivity contribution in [1.29, 1.82) is 0 Å². The van der Waals surface area contributed by atoms with Crippen LogP contribution in [0.4, 0.5) is 11.4 Å². The summed E-state index contributed by atoms with van der Waals surface area (Å²) in [4.78, 5) is 30.1. The molecule has 0 aliphatic carbocycles. The van der Waals surface area contributed by atoms with Gasteiger partial charge in [0.2, 0.25) is 0 Å². The van der Waals surface area contributed by atoms with Gasteiger partial charge in [-0.05, 0) is 37.3 Å². The molecule has 12 nitrogen and oxygen atoms in total. The van der Waals surface area contributed by atoms with Crippen LogP contribution < -0.4 is 9.78 Å². The van der Waals surface area contributed by atoms with Gasteiger partial charge in [0.1, 0.15) is 4.90 Å². The first kappa shape index (κ1) is 22.6. The van der Waals surface area contributed by atoms with Gasteiger partial charge in [-0.3, -0.25) is 34.6 Å². The Bertz CT molecular complexity index is 1290. The van der Waals surface area contributed by atoms with Crippen molar-refractivity contribution in [2.24, 2.45) is 0 Å². The summed E-state index contributed by atoms with van der Waals surface area (Å²) in [6, 6.07) is 12.1. The Kier molecular flexibility index (Phi) is 6.34. The predicted molar refractivity (Wildman–Crippen MR) is 109 cm³/mol. The van der Waals surface area contributed by atoms with E-state index < -0.39 is 24.9 Å². The quantitative estimate of drug-likeness (QED) is 0.223. The summed E-state index contributed by atoms with van der Waals surface area (Å²) in [5.41, 5.74) is -0.0691. The number of non-ortho nitro benzene ring substituents is 2. The van der Waals surface area contributed by atoms with E-state index in [1.165, 1.54) is 36.4 Å². The summed E-state index contributed by atoms with van der Waals surface area (Å²) >= 11 is 0. The molecule has 3 aromatic rings. The maximum absolute atomic E-state index is 11.8. The van der Waals surface area contributed by atoms with E-state index in [9.17, 15) is 33.2 Å². The van der Waals surface area contributed by atoms with Gasteiger partial charge in [0.25, 0.3) is 21.5 Å². The Morgan fingerprint density at radius 3 is 2.03 bits per heavy atom. The minimum Gasteiger partial charge on any atom is -0.299 e. The second kappa shape index (κ2) is 8.97. The van der Waals surface area contributed by atoms with Crippen molar-refractivity contribution in [2.45, 2.75) is 11.8 Å². The van der Waals surface area contributed by atoms with E-state index in [1.54, 1.807) is 6.92 Å². The molecule has 0 amide bonds. The van der Waals surface area contributed by atoms with Crippen LogP contribution in [0, 0.1) is 27.2 Å². The molecule has 0 saturated heterocycles. The normalized spacial score (nSPS) is 11.1. The number of nitro groups is 2. The van der Waals surface area contributed by atoms with Crippen LogP contribution in [0.3, 0.4) is 0 Å². The van der Waals surface area contributed by atoms with Crippen molar-refractivity contribution < 1.29 is 37.6 Å². The highest BCUT2D eigenvalue weighted by molar-refractivity contribution is 7.86. The molecule has 1 N–H and O–H groups in total. The van der Waals surface area contributed by atoms with Crippen molar-refractivity contribution in [2.75, 3.05) is 0 Å². The lowest BCUT2D eigenvalue weighted by atomic mass is 10.0. The summed E-state index contributed by atoms with van der Waals surface area (Å²) in [6.45, 7) is 1.66. The molecule has 166 valence electrons. The number of hydrogen-bond donors (Lipinski definition) is 1. The lowest BCUT2D eigenvalue weighted by Gasteiger charge is -2.13. The molecule has 0 atom stereocenters. The van der Waals surface area contributed by atoms with Gasteiger partial charge >= 0.3 is 0 Å². The van der Waals surface area contributed by atoms with Crippen LogP contribution >= 0.6 is 0 Å². The number of nitro benzene ring substituents is 2. The fourth-order valence-electron chi connectivity index (χ4n) is 2.71. The summed E-state index contributed by atoms with van der Waals surface area (Å²) in [6.07, 6.45) is 0. The predicted octanol–water partition coefficient (Wildman–Crippen LogP) is 4.03. The summed E-state index contributed by atoms with van der Waals surface area (Å²) in [5, 5.41) is 26.6. The first-order valence-corrected chi connectivity index (χ1v) is 10.1. The molecule has 0 fully saturated rings. The molecule has 3 aromatic carbocycles. The van der Waals surface area contributed by atoms with Gasteiger partial charge < -0.3 is 0 Å². The standard InChI is InChI=1S/C19H14N2O10S/c1-12-2-9-19(32(26,27)28)17(10-12)16-11-14(21(24)25)5-8-18(16)30-31-29-15-6-3-13(4-7-15)20(22)23/h2-11H,1H3,(H,26,27,28). The Morgan fingerprint density at radius 1 is 0.812 bits per heavy atom. The largest absolute Gasteiger partial charge is 0.299 e. The van der Waals surface area contributed by atoms with Crippen molar-refractivity contribution in [1.82, 2.24) is 0 Å². The second-order valence-electron chi connectivity index (χ2n) is 6.40. The van der Waals surface area contributed by atoms with Gasteiger partial charge in [0.15, 0.2) is 11.5 Å². The molecule has 0 bridgehead atoms. The fourth-order valence-corrected chi connectivity index (χ4v) is 3.40. The van der Waals surface area contributed by atoms with E-state index in [4.69, 9.17) is 9.78 Å². The number of benzene rings is 3. The van der Waals surface area contributed by atoms with E-state index in [2.05, 4.69) is 5.04 Å². The highest BCUT2D eigenvalue weighted by Crippen LogP contribution is 2.38. The Morgan fingerprint density at radius 2 is 1.44 bits per heavy atom. The molecule has 0 unspecified atom stereocenters. The van der Waals surface area contributed by atoms with Crippen LogP contribution in [-0.2, 0) is 15.2 Å². The fraction of sp³-hybridized carbons (Fsp3) is 0.0526.